The highest BCUT2D eigenvalue weighted by Gasteiger charge is 2.42. The van der Waals surface area contributed by atoms with E-state index in [0.717, 1.165) is 0 Å². The van der Waals surface area contributed by atoms with Crippen LogP contribution in [-0.2, 0) is 14.3 Å². The van der Waals surface area contributed by atoms with E-state index >= 15 is 0 Å². The van der Waals surface area contributed by atoms with Crippen molar-refractivity contribution in [2.75, 3.05) is 26.3 Å². The molecule has 2 atom stereocenters. The van der Waals surface area contributed by atoms with Gasteiger partial charge in [-0.05, 0) is 20.8 Å². The first kappa shape index (κ1) is 14.9. The Morgan fingerprint density at radius 1 is 1.44 bits per heavy atom. The molecule has 0 aromatic carbocycles. The maximum Gasteiger partial charge on any atom is 0.311 e. The predicted molar refractivity (Wildman–Crippen MR) is 66.0 cm³/mol. The topological polar surface area (TPSA) is 92.9 Å². The zero-order valence-corrected chi connectivity index (χ0v) is 11.2. The minimum Gasteiger partial charge on any atom is -0.481 e. The maximum absolute atomic E-state index is 12.4. The predicted octanol–water partition coefficient (Wildman–Crippen LogP) is -0.0806. The van der Waals surface area contributed by atoms with Crippen molar-refractivity contribution >= 4 is 11.9 Å². The Hall–Kier alpha value is -1.14. The van der Waals surface area contributed by atoms with E-state index in [4.69, 9.17) is 15.6 Å². The van der Waals surface area contributed by atoms with Gasteiger partial charge in [0.05, 0.1) is 24.7 Å². The van der Waals surface area contributed by atoms with Crippen LogP contribution in [0.25, 0.3) is 0 Å². The standard InChI is InChI=1S/C12H22N2O4/c1-4-14(11(17)12(2,3)7-13)9-6-18-5-8(9)10(15)16/h8-9H,4-7,13H2,1-3H3,(H,15,16). The minimum absolute atomic E-state index is 0.116. The van der Waals surface area contributed by atoms with Crippen LogP contribution < -0.4 is 5.73 Å². The van der Waals surface area contributed by atoms with Gasteiger partial charge in [-0.2, -0.15) is 0 Å². The molecule has 0 saturated carbocycles. The molecular weight excluding hydrogens is 236 g/mol. The molecule has 1 amide bonds. The number of carboxylic acids is 1. The minimum atomic E-state index is -0.922. The van der Waals surface area contributed by atoms with Gasteiger partial charge in [-0.25, -0.2) is 0 Å². The van der Waals surface area contributed by atoms with E-state index in [1.165, 1.54) is 0 Å². The molecular formula is C12H22N2O4. The number of hydrogen-bond acceptors (Lipinski definition) is 4. The average molecular weight is 258 g/mol. The Morgan fingerprint density at radius 3 is 2.50 bits per heavy atom. The van der Waals surface area contributed by atoms with Crippen molar-refractivity contribution in [3.63, 3.8) is 0 Å². The molecule has 18 heavy (non-hydrogen) atoms. The van der Waals surface area contributed by atoms with Gasteiger partial charge in [0.25, 0.3) is 0 Å². The van der Waals surface area contributed by atoms with E-state index in [0.29, 0.717) is 6.54 Å². The molecule has 1 aliphatic heterocycles. The number of aliphatic carboxylic acids is 1. The van der Waals surface area contributed by atoms with E-state index in [1.54, 1.807) is 18.7 Å². The lowest BCUT2D eigenvalue weighted by atomic mass is 9.90. The number of hydrogen-bond donors (Lipinski definition) is 2. The summed E-state index contributed by atoms with van der Waals surface area (Å²) in [6.07, 6.45) is 0. The third kappa shape index (κ3) is 2.81. The molecule has 0 radical (unpaired) electrons. The SMILES string of the molecule is CCN(C(=O)C(C)(C)CN)C1COCC1C(=O)O. The van der Waals surface area contributed by atoms with Gasteiger partial charge in [-0.15, -0.1) is 0 Å². The average Bonchev–Trinajstić information content (AvgIpc) is 2.79. The number of carbonyl (C=O) groups excluding carboxylic acids is 1. The molecule has 6 nitrogen and oxygen atoms in total. The Morgan fingerprint density at radius 2 is 2.06 bits per heavy atom. The van der Waals surface area contributed by atoms with Crippen LogP contribution in [0.5, 0.6) is 0 Å². The molecule has 1 aliphatic rings. The Balaban J connectivity index is 2.89. The van der Waals surface area contributed by atoms with Gasteiger partial charge >= 0.3 is 5.97 Å². The maximum atomic E-state index is 12.4. The van der Waals surface area contributed by atoms with E-state index in [2.05, 4.69) is 0 Å². The van der Waals surface area contributed by atoms with E-state index in [1.807, 2.05) is 6.92 Å². The fourth-order valence-corrected chi connectivity index (χ4v) is 2.09. The second kappa shape index (κ2) is 5.67. The third-order valence-corrected chi connectivity index (χ3v) is 3.46. The van der Waals surface area contributed by atoms with Crippen molar-refractivity contribution in [3.05, 3.63) is 0 Å². The highest BCUT2D eigenvalue weighted by Crippen LogP contribution is 2.25. The number of likely N-dealkylation sites (N-methyl/N-ethyl adjacent to an activating group) is 1. The van der Waals surface area contributed by atoms with Gasteiger partial charge in [-0.1, -0.05) is 0 Å². The zero-order valence-electron chi connectivity index (χ0n) is 11.2. The molecule has 1 saturated heterocycles. The van der Waals surface area contributed by atoms with E-state index in [-0.39, 0.29) is 25.7 Å². The van der Waals surface area contributed by atoms with Crippen molar-refractivity contribution in [2.45, 2.75) is 26.8 Å². The summed E-state index contributed by atoms with van der Waals surface area (Å²) in [4.78, 5) is 25.1. The Kier molecular flexibility index (Phi) is 4.70. The molecule has 104 valence electrons. The van der Waals surface area contributed by atoms with E-state index < -0.39 is 23.3 Å². The highest BCUT2D eigenvalue weighted by atomic mass is 16.5. The first-order valence-electron chi connectivity index (χ1n) is 6.16. The molecule has 1 rings (SSSR count). The molecule has 1 fully saturated rings. The summed E-state index contributed by atoms with van der Waals surface area (Å²) in [5.74, 6) is -1.69. The summed E-state index contributed by atoms with van der Waals surface area (Å²) in [5, 5.41) is 9.13. The Labute approximate surface area is 107 Å². The first-order valence-corrected chi connectivity index (χ1v) is 6.16. The van der Waals surface area contributed by atoms with Crippen LogP contribution in [0.3, 0.4) is 0 Å². The third-order valence-electron chi connectivity index (χ3n) is 3.46. The number of carbonyl (C=O) groups is 2. The molecule has 0 aromatic heterocycles. The van der Waals surface area contributed by atoms with Crippen LogP contribution in [0.4, 0.5) is 0 Å². The largest absolute Gasteiger partial charge is 0.481 e. The van der Waals surface area contributed by atoms with Crippen LogP contribution in [-0.4, -0.2) is 54.2 Å². The number of amides is 1. The van der Waals surface area contributed by atoms with Crippen LogP contribution in [0, 0.1) is 11.3 Å². The van der Waals surface area contributed by atoms with Crippen molar-refractivity contribution < 1.29 is 19.4 Å². The molecule has 0 bridgehead atoms. The molecule has 0 aliphatic carbocycles. The number of carboxylic acid groups (broad SMARTS) is 1. The van der Waals surface area contributed by atoms with Crippen LogP contribution in [0.1, 0.15) is 20.8 Å². The monoisotopic (exact) mass is 258 g/mol. The summed E-state index contributed by atoms with van der Waals surface area (Å²) < 4.78 is 5.20. The highest BCUT2D eigenvalue weighted by molar-refractivity contribution is 5.83. The molecule has 3 N–H and O–H groups in total. The van der Waals surface area contributed by atoms with Crippen molar-refractivity contribution in [1.29, 1.82) is 0 Å². The van der Waals surface area contributed by atoms with Crippen molar-refractivity contribution in [3.8, 4) is 0 Å². The lowest BCUT2D eigenvalue weighted by Gasteiger charge is -2.35. The summed E-state index contributed by atoms with van der Waals surface area (Å²) in [6, 6.07) is -0.397. The summed E-state index contributed by atoms with van der Waals surface area (Å²) >= 11 is 0. The summed E-state index contributed by atoms with van der Waals surface area (Å²) in [5.41, 5.74) is 4.92. The molecule has 0 aromatic rings. The van der Waals surface area contributed by atoms with Gasteiger partial charge in [-0.3, -0.25) is 9.59 Å². The summed E-state index contributed by atoms with van der Waals surface area (Å²) in [7, 11) is 0. The zero-order chi connectivity index (χ0) is 13.9. The second-order valence-electron chi connectivity index (χ2n) is 5.23. The normalized spacial score (nSPS) is 24.0. The fourth-order valence-electron chi connectivity index (χ4n) is 2.09. The number of nitrogens with two attached hydrogens (primary N) is 1. The van der Waals surface area contributed by atoms with Gasteiger partial charge in [0.2, 0.25) is 5.91 Å². The van der Waals surface area contributed by atoms with Gasteiger partial charge < -0.3 is 20.5 Å². The molecule has 0 spiro atoms. The van der Waals surface area contributed by atoms with Gasteiger partial charge in [0.15, 0.2) is 0 Å². The number of ether oxygens (including phenoxy) is 1. The quantitative estimate of drug-likeness (QED) is 0.719. The van der Waals surface area contributed by atoms with E-state index in [9.17, 15) is 9.59 Å². The van der Waals surface area contributed by atoms with Crippen molar-refractivity contribution in [1.82, 2.24) is 4.90 Å². The van der Waals surface area contributed by atoms with Gasteiger partial charge in [0, 0.05) is 13.1 Å². The summed E-state index contributed by atoms with van der Waals surface area (Å²) in [6.45, 7) is 6.49. The van der Waals surface area contributed by atoms with Crippen LogP contribution in [0.15, 0.2) is 0 Å². The Bertz CT molecular complexity index is 330. The smallest absolute Gasteiger partial charge is 0.311 e. The lowest BCUT2D eigenvalue weighted by Crippen LogP contribution is -2.52. The molecule has 1 heterocycles. The molecule has 6 heteroatoms. The lowest BCUT2D eigenvalue weighted by molar-refractivity contribution is -0.148. The second-order valence-corrected chi connectivity index (χ2v) is 5.23. The molecule has 2 unspecified atom stereocenters. The fraction of sp³-hybridized carbons (Fsp3) is 0.833. The van der Waals surface area contributed by atoms with Crippen LogP contribution in [0.2, 0.25) is 0 Å². The van der Waals surface area contributed by atoms with Crippen molar-refractivity contribution in [2.24, 2.45) is 17.1 Å². The number of nitrogens with zero attached hydrogens (tertiary/aromatic N) is 1. The van der Waals surface area contributed by atoms with Crippen LogP contribution >= 0.6 is 0 Å². The number of rotatable bonds is 5. The van der Waals surface area contributed by atoms with Gasteiger partial charge in [0.1, 0.15) is 5.92 Å². The first-order chi connectivity index (χ1) is 8.35.